The fraction of sp³-hybridized carbons (Fsp3) is 0.526. The van der Waals surface area contributed by atoms with Crippen molar-refractivity contribution >= 4 is 5.91 Å². The van der Waals surface area contributed by atoms with Crippen molar-refractivity contribution in [2.45, 2.75) is 25.3 Å². The first-order valence-corrected chi connectivity index (χ1v) is 9.11. The minimum Gasteiger partial charge on any atom is -0.338 e. The van der Waals surface area contributed by atoms with Gasteiger partial charge in [0.1, 0.15) is 11.5 Å². The molecule has 7 nitrogen and oxygen atoms in total. The molecule has 4 heterocycles. The van der Waals surface area contributed by atoms with E-state index in [0.717, 1.165) is 24.5 Å². The zero-order valence-corrected chi connectivity index (χ0v) is 15.5. The maximum absolute atomic E-state index is 12.9. The van der Waals surface area contributed by atoms with Gasteiger partial charge in [0.05, 0.1) is 12.2 Å². The molecule has 0 aromatic carbocycles. The van der Waals surface area contributed by atoms with Crippen LogP contribution >= 0.6 is 0 Å². The molecular weight excluding hydrogens is 330 g/mol. The van der Waals surface area contributed by atoms with Crippen LogP contribution in [0.15, 0.2) is 29.2 Å². The second kappa shape index (κ2) is 6.39. The van der Waals surface area contributed by atoms with Gasteiger partial charge in [-0.1, -0.05) is 6.07 Å². The van der Waals surface area contributed by atoms with Gasteiger partial charge in [-0.25, -0.2) is 4.98 Å². The molecule has 2 aliphatic heterocycles. The van der Waals surface area contributed by atoms with Crippen LogP contribution < -0.4 is 5.56 Å². The molecule has 0 radical (unpaired) electrons. The molecule has 1 amide bonds. The van der Waals surface area contributed by atoms with Crippen LogP contribution in [0.5, 0.6) is 0 Å². The second-order valence-corrected chi connectivity index (χ2v) is 7.77. The molecule has 7 heteroatoms. The lowest BCUT2D eigenvalue weighted by Crippen LogP contribution is -2.52. The predicted molar refractivity (Wildman–Crippen MR) is 98.4 cm³/mol. The number of nitrogens with zero attached hydrogens (tertiary/aromatic N) is 4. The van der Waals surface area contributed by atoms with E-state index < -0.39 is 0 Å². The highest BCUT2D eigenvalue weighted by molar-refractivity contribution is 5.92. The molecule has 1 N–H and O–H groups in total. The van der Waals surface area contributed by atoms with E-state index in [9.17, 15) is 9.59 Å². The SMILES string of the molecule is Cc1ncc(C(=O)N2C[C@H]3C[C@@H](C2)[C@H](CN(C)C)n2c3cccc2=O)[nH]1. The number of carbonyl (C=O) groups excluding carboxylic acids is 1. The van der Waals surface area contributed by atoms with Crippen LogP contribution in [0.2, 0.25) is 0 Å². The summed E-state index contributed by atoms with van der Waals surface area (Å²) in [4.78, 5) is 36.7. The van der Waals surface area contributed by atoms with Crippen molar-refractivity contribution in [3.8, 4) is 0 Å². The van der Waals surface area contributed by atoms with Gasteiger partial charge < -0.3 is 19.4 Å². The van der Waals surface area contributed by atoms with Gasteiger partial charge in [0, 0.05) is 37.3 Å². The lowest BCUT2D eigenvalue weighted by atomic mass is 9.78. The number of H-pyrrole nitrogens is 1. The lowest BCUT2D eigenvalue weighted by molar-refractivity contribution is 0.0494. The number of aromatic amines is 1. The summed E-state index contributed by atoms with van der Waals surface area (Å²) < 4.78 is 1.97. The van der Waals surface area contributed by atoms with Crippen LogP contribution in [0.25, 0.3) is 0 Å². The topological polar surface area (TPSA) is 74.2 Å². The third-order valence-corrected chi connectivity index (χ3v) is 5.57. The van der Waals surface area contributed by atoms with Crippen molar-refractivity contribution in [1.29, 1.82) is 0 Å². The average molecular weight is 355 g/mol. The Kier molecular flexibility index (Phi) is 4.19. The number of likely N-dealkylation sites (tertiary alicyclic amines) is 1. The molecule has 2 aromatic rings. The van der Waals surface area contributed by atoms with Crippen molar-refractivity contribution in [1.82, 2.24) is 24.3 Å². The highest BCUT2D eigenvalue weighted by atomic mass is 16.2. The number of aryl methyl sites for hydroxylation is 1. The number of fused-ring (bicyclic) bond motifs is 4. The summed E-state index contributed by atoms with van der Waals surface area (Å²) in [5, 5.41) is 0. The molecule has 138 valence electrons. The molecule has 0 spiro atoms. The molecular formula is C19H25N5O2. The Balaban J connectivity index is 1.70. The first-order chi connectivity index (χ1) is 12.4. The van der Waals surface area contributed by atoms with Crippen LogP contribution in [0.1, 0.15) is 40.4 Å². The number of piperidine rings is 1. The third-order valence-electron chi connectivity index (χ3n) is 5.57. The number of likely N-dealkylation sites (N-methyl/N-ethyl adjacent to an activating group) is 1. The van der Waals surface area contributed by atoms with E-state index >= 15 is 0 Å². The average Bonchev–Trinajstić information content (AvgIpc) is 3.04. The minimum absolute atomic E-state index is 0.00405. The number of hydrogen-bond donors (Lipinski definition) is 1. The van der Waals surface area contributed by atoms with Gasteiger partial charge >= 0.3 is 0 Å². The Morgan fingerprint density at radius 2 is 2.15 bits per heavy atom. The number of hydrogen-bond acceptors (Lipinski definition) is 4. The fourth-order valence-corrected chi connectivity index (χ4v) is 4.52. The summed E-state index contributed by atoms with van der Waals surface area (Å²) in [6.45, 7) is 3.95. The number of amides is 1. The fourth-order valence-electron chi connectivity index (χ4n) is 4.52. The van der Waals surface area contributed by atoms with E-state index in [1.165, 1.54) is 0 Å². The molecule has 1 fully saturated rings. The Hall–Kier alpha value is -2.41. The van der Waals surface area contributed by atoms with Crippen molar-refractivity contribution in [3.63, 3.8) is 0 Å². The van der Waals surface area contributed by atoms with E-state index in [-0.39, 0.29) is 29.3 Å². The summed E-state index contributed by atoms with van der Waals surface area (Å²) >= 11 is 0. The summed E-state index contributed by atoms with van der Waals surface area (Å²) in [5.41, 5.74) is 1.66. The number of rotatable bonds is 3. The molecule has 3 atom stereocenters. The Morgan fingerprint density at radius 3 is 2.85 bits per heavy atom. The quantitative estimate of drug-likeness (QED) is 0.899. The van der Waals surface area contributed by atoms with Gasteiger partial charge in [-0.05, 0) is 39.4 Å². The first kappa shape index (κ1) is 17.0. The summed E-state index contributed by atoms with van der Waals surface area (Å²) in [6, 6.07) is 5.60. The number of carbonyl (C=O) groups is 1. The smallest absolute Gasteiger partial charge is 0.271 e. The van der Waals surface area contributed by atoms with Crippen molar-refractivity contribution < 1.29 is 4.79 Å². The predicted octanol–water partition coefficient (Wildman–Crippen LogP) is 1.24. The van der Waals surface area contributed by atoms with E-state index in [0.29, 0.717) is 18.8 Å². The Morgan fingerprint density at radius 1 is 1.35 bits per heavy atom. The number of pyridine rings is 1. The van der Waals surface area contributed by atoms with Crippen LogP contribution in [0.3, 0.4) is 0 Å². The van der Waals surface area contributed by atoms with E-state index in [1.807, 2.05) is 42.6 Å². The van der Waals surface area contributed by atoms with Crippen LogP contribution in [-0.4, -0.2) is 64.0 Å². The van der Waals surface area contributed by atoms with Crippen molar-refractivity contribution in [2.24, 2.45) is 5.92 Å². The molecule has 0 unspecified atom stereocenters. The van der Waals surface area contributed by atoms with Crippen LogP contribution in [0, 0.1) is 12.8 Å². The molecule has 2 aliphatic rings. The van der Waals surface area contributed by atoms with Gasteiger partial charge in [-0.2, -0.15) is 0 Å². The zero-order chi connectivity index (χ0) is 18.4. The molecule has 0 aliphatic carbocycles. The molecule has 2 aromatic heterocycles. The summed E-state index contributed by atoms with van der Waals surface area (Å²) in [7, 11) is 4.05. The van der Waals surface area contributed by atoms with Crippen LogP contribution in [-0.2, 0) is 0 Å². The number of aromatic nitrogens is 3. The maximum Gasteiger partial charge on any atom is 0.271 e. The largest absolute Gasteiger partial charge is 0.338 e. The summed E-state index contributed by atoms with van der Waals surface area (Å²) in [6.07, 6.45) is 2.63. The van der Waals surface area contributed by atoms with E-state index in [4.69, 9.17) is 0 Å². The number of imidazole rings is 1. The van der Waals surface area contributed by atoms with Crippen molar-refractivity contribution in [3.05, 3.63) is 52.0 Å². The van der Waals surface area contributed by atoms with Gasteiger partial charge in [-0.15, -0.1) is 0 Å². The second-order valence-electron chi connectivity index (χ2n) is 7.77. The van der Waals surface area contributed by atoms with Crippen LogP contribution in [0.4, 0.5) is 0 Å². The van der Waals surface area contributed by atoms with Crippen molar-refractivity contribution in [2.75, 3.05) is 33.7 Å². The van der Waals surface area contributed by atoms with Gasteiger partial charge in [0.2, 0.25) is 0 Å². The maximum atomic E-state index is 12.9. The minimum atomic E-state index is -0.00405. The standard InChI is InChI=1S/C19H25N5O2/c1-12-20-8-15(21-12)19(26)23-9-13-7-14(10-23)17(11-22(2)3)24-16(13)5-4-6-18(24)25/h4-6,8,13-14,17H,7,9-11H2,1-3H3,(H,20,21)/t13-,14+,17+/m1/s1. The monoisotopic (exact) mass is 355 g/mol. The van der Waals surface area contributed by atoms with Gasteiger partial charge in [-0.3, -0.25) is 9.59 Å². The summed E-state index contributed by atoms with van der Waals surface area (Å²) in [5.74, 6) is 1.22. The Bertz CT molecular complexity index is 884. The normalized spacial score (nSPS) is 24.6. The van der Waals surface area contributed by atoms with Gasteiger partial charge in [0.25, 0.3) is 11.5 Å². The van der Waals surface area contributed by atoms with E-state index in [1.54, 1.807) is 12.3 Å². The Labute approximate surface area is 152 Å². The molecule has 2 bridgehead atoms. The lowest BCUT2D eigenvalue weighted by Gasteiger charge is -2.47. The molecule has 4 rings (SSSR count). The third kappa shape index (κ3) is 2.86. The zero-order valence-electron chi connectivity index (χ0n) is 15.5. The molecule has 1 saturated heterocycles. The first-order valence-electron chi connectivity index (χ1n) is 9.11. The van der Waals surface area contributed by atoms with Gasteiger partial charge in [0.15, 0.2) is 0 Å². The molecule has 26 heavy (non-hydrogen) atoms. The highest BCUT2D eigenvalue weighted by Crippen LogP contribution is 2.41. The highest BCUT2D eigenvalue weighted by Gasteiger charge is 2.42. The number of nitrogens with one attached hydrogen (secondary N) is 1. The molecule has 0 saturated carbocycles. The van der Waals surface area contributed by atoms with E-state index in [2.05, 4.69) is 14.9 Å².